The molecule has 0 aliphatic carbocycles. The molecular formula is C12H23NO2. The van der Waals surface area contributed by atoms with Crippen molar-refractivity contribution in [1.82, 2.24) is 5.32 Å². The van der Waals surface area contributed by atoms with Crippen molar-refractivity contribution in [2.24, 2.45) is 0 Å². The van der Waals surface area contributed by atoms with E-state index in [2.05, 4.69) is 19.2 Å². The maximum atomic E-state index is 5.51. The van der Waals surface area contributed by atoms with Crippen LogP contribution in [-0.2, 0) is 9.47 Å². The van der Waals surface area contributed by atoms with Crippen molar-refractivity contribution in [3.63, 3.8) is 0 Å². The van der Waals surface area contributed by atoms with Crippen molar-refractivity contribution in [3.05, 3.63) is 11.8 Å². The minimum Gasteiger partial charge on any atom is -0.501 e. The van der Waals surface area contributed by atoms with Gasteiger partial charge in [0, 0.05) is 7.11 Å². The Bertz CT molecular complexity index is 200. The van der Waals surface area contributed by atoms with Crippen LogP contribution in [0, 0.1) is 0 Å². The molecule has 88 valence electrons. The van der Waals surface area contributed by atoms with Gasteiger partial charge >= 0.3 is 0 Å². The van der Waals surface area contributed by atoms with Crippen molar-refractivity contribution in [2.45, 2.75) is 45.3 Å². The topological polar surface area (TPSA) is 30.5 Å². The van der Waals surface area contributed by atoms with Gasteiger partial charge in [-0.3, -0.25) is 0 Å². The Labute approximate surface area is 92.8 Å². The molecule has 0 spiro atoms. The Balaban J connectivity index is 2.66. The Morgan fingerprint density at radius 1 is 1.53 bits per heavy atom. The molecule has 1 rings (SSSR count). The Hall–Kier alpha value is -0.540. The summed E-state index contributed by atoms with van der Waals surface area (Å²) in [6.45, 7) is 6.09. The second-order valence-corrected chi connectivity index (χ2v) is 3.88. The van der Waals surface area contributed by atoms with E-state index in [9.17, 15) is 0 Å². The lowest BCUT2D eigenvalue weighted by atomic mass is 9.96. The summed E-state index contributed by atoms with van der Waals surface area (Å²) >= 11 is 0. The van der Waals surface area contributed by atoms with Gasteiger partial charge < -0.3 is 14.8 Å². The third-order valence-electron chi connectivity index (χ3n) is 2.86. The fraction of sp³-hybridized carbons (Fsp3) is 0.833. The van der Waals surface area contributed by atoms with Gasteiger partial charge in [-0.2, -0.15) is 0 Å². The molecule has 0 aromatic heterocycles. The van der Waals surface area contributed by atoms with Crippen LogP contribution >= 0.6 is 0 Å². The van der Waals surface area contributed by atoms with Gasteiger partial charge in [0.05, 0.1) is 25.0 Å². The highest BCUT2D eigenvalue weighted by molar-refractivity contribution is 5.12. The molecule has 0 bridgehead atoms. The third-order valence-corrected chi connectivity index (χ3v) is 2.86. The van der Waals surface area contributed by atoms with E-state index in [-0.39, 0.29) is 6.10 Å². The first-order valence-corrected chi connectivity index (χ1v) is 5.90. The third kappa shape index (κ3) is 3.50. The van der Waals surface area contributed by atoms with Gasteiger partial charge in [0.15, 0.2) is 0 Å². The monoisotopic (exact) mass is 213 g/mol. The lowest BCUT2D eigenvalue weighted by Crippen LogP contribution is -2.42. The van der Waals surface area contributed by atoms with E-state index < -0.39 is 0 Å². The lowest BCUT2D eigenvalue weighted by Gasteiger charge is -2.29. The number of ether oxygens (including phenoxy) is 2. The van der Waals surface area contributed by atoms with E-state index in [0.717, 1.165) is 32.4 Å². The molecule has 0 fully saturated rings. The lowest BCUT2D eigenvalue weighted by molar-refractivity contribution is 0.0717. The summed E-state index contributed by atoms with van der Waals surface area (Å²) in [5.41, 5.74) is 1.34. The summed E-state index contributed by atoms with van der Waals surface area (Å²) in [6, 6.07) is 0.310. The van der Waals surface area contributed by atoms with Crippen molar-refractivity contribution in [2.75, 3.05) is 20.3 Å². The molecule has 0 amide bonds. The minimum atomic E-state index is 0.248. The predicted octanol–water partition coefficient (Wildman–Crippen LogP) is 2.08. The summed E-state index contributed by atoms with van der Waals surface area (Å²) in [5, 5.41) is 3.48. The van der Waals surface area contributed by atoms with Crippen LogP contribution in [-0.4, -0.2) is 32.4 Å². The molecule has 3 heteroatoms. The fourth-order valence-electron chi connectivity index (χ4n) is 2.07. The Morgan fingerprint density at radius 3 is 2.80 bits per heavy atom. The number of hydrogen-bond acceptors (Lipinski definition) is 3. The molecule has 0 saturated heterocycles. The Morgan fingerprint density at radius 2 is 2.33 bits per heavy atom. The van der Waals surface area contributed by atoms with E-state index in [1.807, 2.05) is 6.26 Å². The van der Waals surface area contributed by atoms with Crippen LogP contribution < -0.4 is 5.32 Å². The van der Waals surface area contributed by atoms with E-state index in [1.165, 1.54) is 5.57 Å². The fourth-order valence-corrected chi connectivity index (χ4v) is 2.07. The van der Waals surface area contributed by atoms with E-state index in [0.29, 0.717) is 6.04 Å². The van der Waals surface area contributed by atoms with Gasteiger partial charge in [-0.05, 0) is 31.4 Å². The van der Waals surface area contributed by atoms with E-state index in [1.54, 1.807) is 7.11 Å². The zero-order chi connectivity index (χ0) is 11.1. The zero-order valence-corrected chi connectivity index (χ0v) is 10.1. The van der Waals surface area contributed by atoms with Gasteiger partial charge in [-0.25, -0.2) is 0 Å². The highest BCUT2D eigenvalue weighted by atomic mass is 16.5. The SMILES string of the molecule is CCNC(C1=COCCC1)C(CC)OC. The van der Waals surface area contributed by atoms with Crippen LogP contribution in [0.1, 0.15) is 33.1 Å². The smallest absolute Gasteiger partial charge is 0.0876 e. The van der Waals surface area contributed by atoms with Crippen LogP contribution in [0.4, 0.5) is 0 Å². The van der Waals surface area contributed by atoms with Crippen LogP contribution in [0.5, 0.6) is 0 Å². The van der Waals surface area contributed by atoms with E-state index in [4.69, 9.17) is 9.47 Å². The van der Waals surface area contributed by atoms with Crippen LogP contribution in [0.25, 0.3) is 0 Å². The first-order chi connectivity index (χ1) is 7.33. The molecule has 3 nitrogen and oxygen atoms in total. The first-order valence-electron chi connectivity index (χ1n) is 5.90. The number of rotatable bonds is 6. The van der Waals surface area contributed by atoms with Crippen molar-refractivity contribution >= 4 is 0 Å². The molecule has 0 aromatic rings. The van der Waals surface area contributed by atoms with Crippen LogP contribution in [0.3, 0.4) is 0 Å². The summed E-state index contributed by atoms with van der Waals surface area (Å²) in [6.07, 6.45) is 5.42. The first kappa shape index (κ1) is 12.5. The van der Waals surface area contributed by atoms with Gasteiger partial charge in [-0.1, -0.05) is 13.8 Å². The molecular weight excluding hydrogens is 190 g/mol. The average molecular weight is 213 g/mol. The molecule has 15 heavy (non-hydrogen) atoms. The normalized spacial score (nSPS) is 20.3. The maximum absolute atomic E-state index is 5.51. The van der Waals surface area contributed by atoms with Gasteiger partial charge in [0.1, 0.15) is 0 Å². The molecule has 2 atom stereocenters. The second kappa shape index (κ2) is 6.85. The number of likely N-dealkylation sites (N-methyl/N-ethyl adjacent to an activating group) is 1. The van der Waals surface area contributed by atoms with Gasteiger partial charge in [0.25, 0.3) is 0 Å². The second-order valence-electron chi connectivity index (χ2n) is 3.88. The summed E-state index contributed by atoms with van der Waals surface area (Å²) in [4.78, 5) is 0. The molecule has 1 heterocycles. The number of nitrogens with one attached hydrogen (secondary N) is 1. The number of hydrogen-bond donors (Lipinski definition) is 1. The van der Waals surface area contributed by atoms with E-state index >= 15 is 0 Å². The molecule has 0 radical (unpaired) electrons. The summed E-state index contributed by atoms with van der Waals surface area (Å²) in [5.74, 6) is 0. The summed E-state index contributed by atoms with van der Waals surface area (Å²) < 4.78 is 10.9. The van der Waals surface area contributed by atoms with Crippen LogP contribution in [0.15, 0.2) is 11.8 Å². The Kier molecular flexibility index (Phi) is 5.73. The highest BCUT2D eigenvalue weighted by Gasteiger charge is 2.24. The maximum Gasteiger partial charge on any atom is 0.0876 e. The van der Waals surface area contributed by atoms with Crippen molar-refractivity contribution in [1.29, 1.82) is 0 Å². The van der Waals surface area contributed by atoms with Gasteiger partial charge in [0.2, 0.25) is 0 Å². The molecule has 2 unspecified atom stereocenters. The minimum absolute atomic E-state index is 0.248. The molecule has 1 aliphatic heterocycles. The quantitative estimate of drug-likeness (QED) is 0.733. The van der Waals surface area contributed by atoms with Crippen LogP contribution in [0.2, 0.25) is 0 Å². The number of methoxy groups -OCH3 is 1. The van der Waals surface area contributed by atoms with Crippen molar-refractivity contribution < 1.29 is 9.47 Å². The largest absolute Gasteiger partial charge is 0.501 e. The zero-order valence-electron chi connectivity index (χ0n) is 10.1. The molecule has 1 aliphatic rings. The van der Waals surface area contributed by atoms with Crippen molar-refractivity contribution in [3.8, 4) is 0 Å². The average Bonchev–Trinajstić information content (AvgIpc) is 2.30. The molecule has 1 N–H and O–H groups in total. The predicted molar refractivity (Wildman–Crippen MR) is 61.8 cm³/mol. The molecule has 0 saturated carbocycles. The molecule has 0 aromatic carbocycles. The highest BCUT2D eigenvalue weighted by Crippen LogP contribution is 2.20. The standard InChI is InChI=1S/C12H23NO2/c1-4-11(14-3)12(13-5-2)10-7-6-8-15-9-10/h9,11-13H,4-8H2,1-3H3. The van der Waals surface area contributed by atoms with Gasteiger partial charge in [-0.15, -0.1) is 0 Å². The summed E-state index contributed by atoms with van der Waals surface area (Å²) in [7, 11) is 1.78.